The van der Waals surface area contributed by atoms with E-state index in [-0.39, 0.29) is 12.0 Å². The Kier molecular flexibility index (Phi) is 7.31. The number of piperazine rings is 1. The van der Waals surface area contributed by atoms with E-state index in [1.807, 2.05) is 54.6 Å². The maximum atomic E-state index is 12.7. The second-order valence-corrected chi connectivity index (χ2v) is 9.16. The average Bonchev–Trinajstić information content (AvgIpc) is 2.92. The molecular weight excluding hydrogens is 438 g/mol. The summed E-state index contributed by atoms with van der Waals surface area (Å²) in [4.78, 5) is 17.7. The Labute approximate surface area is 207 Å². The number of benzene rings is 3. The Bertz CT molecular complexity index is 1130. The van der Waals surface area contributed by atoms with Crippen LogP contribution in [-0.4, -0.2) is 57.2 Å². The summed E-state index contributed by atoms with van der Waals surface area (Å²) in [7, 11) is 1.70. The highest BCUT2D eigenvalue weighted by Crippen LogP contribution is 2.31. The van der Waals surface area contributed by atoms with Crippen LogP contribution >= 0.6 is 0 Å². The number of anilines is 2. The van der Waals surface area contributed by atoms with Crippen molar-refractivity contribution in [2.75, 3.05) is 56.7 Å². The van der Waals surface area contributed by atoms with Crippen LogP contribution in [0.2, 0.25) is 0 Å². The minimum atomic E-state index is -0.0724. The number of ether oxygens (including phenoxy) is 2. The van der Waals surface area contributed by atoms with Crippen molar-refractivity contribution < 1.29 is 14.3 Å². The van der Waals surface area contributed by atoms with Crippen LogP contribution in [0.4, 0.5) is 11.4 Å². The third-order valence-corrected chi connectivity index (χ3v) is 6.99. The maximum absolute atomic E-state index is 12.7. The Morgan fingerprint density at radius 1 is 1.00 bits per heavy atom. The molecule has 0 aliphatic carbocycles. The third-order valence-electron chi connectivity index (χ3n) is 6.99. The van der Waals surface area contributed by atoms with E-state index in [9.17, 15) is 4.79 Å². The molecule has 0 radical (unpaired) electrons. The van der Waals surface area contributed by atoms with Gasteiger partial charge in [0.25, 0.3) is 5.91 Å². The molecule has 5 rings (SSSR count). The Morgan fingerprint density at radius 2 is 1.77 bits per heavy atom. The number of rotatable bonds is 7. The molecule has 2 aliphatic heterocycles. The lowest BCUT2D eigenvalue weighted by atomic mass is 9.93. The highest BCUT2D eigenvalue weighted by molar-refractivity contribution is 6.04. The summed E-state index contributed by atoms with van der Waals surface area (Å²) in [5, 5.41) is 2.98. The van der Waals surface area contributed by atoms with E-state index in [4.69, 9.17) is 9.47 Å². The van der Waals surface area contributed by atoms with Crippen molar-refractivity contribution in [2.45, 2.75) is 18.9 Å². The topological polar surface area (TPSA) is 54.0 Å². The Morgan fingerprint density at radius 3 is 2.51 bits per heavy atom. The van der Waals surface area contributed by atoms with Crippen molar-refractivity contribution >= 4 is 17.3 Å². The molecule has 2 aliphatic rings. The molecule has 1 atom stereocenters. The maximum Gasteiger partial charge on any atom is 0.255 e. The molecule has 1 unspecified atom stereocenters. The largest absolute Gasteiger partial charge is 0.497 e. The first kappa shape index (κ1) is 23.4. The minimum Gasteiger partial charge on any atom is -0.497 e. The fraction of sp³-hybridized carbons (Fsp3) is 0.345. The molecule has 0 aromatic heterocycles. The van der Waals surface area contributed by atoms with Gasteiger partial charge in [-0.3, -0.25) is 9.69 Å². The average molecular weight is 472 g/mol. The molecule has 2 heterocycles. The number of carbonyl (C=O) groups is 1. The van der Waals surface area contributed by atoms with Crippen LogP contribution in [-0.2, 0) is 11.2 Å². The lowest BCUT2D eigenvalue weighted by molar-refractivity contribution is 0.0289. The fourth-order valence-electron chi connectivity index (χ4n) is 4.96. The molecule has 0 saturated carbocycles. The lowest BCUT2D eigenvalue weighted by Crippen LogP contribution is -2.46. The fourth-order valence-corrected chi connectivity index (χ4v) is 4.96. The first-order chi connectivity index (χ1) is 17.2. The normalized spacial score (nSPS) is 18.1. The molecule has 3 aromatic rings. The number of hydrogen-bond donors (Lipinski definition) is 1. The van der Waals surface area contributed by atoms with E-state index < -0.39 is 0 Å². The van der Waals surface area contributed by atoms with Crippen LogP contribution in [0.3, 0.4) is 0 Å². The van der Waals surface area contributed by atoms with Gasteiger partial charge in [-0.1, -0.05) is 24.3 Å². The van der Waals surface area contributed by atoms with E-state index in [0.29, 0.717) is 12.2 Å². The highest BCUT2D eigenvalue weighted by atomic mass is 16.5. The molecule has 1 amide bonds. The third kappa shape index (κ3) is 5.66. The summed E-state index contributed by atoms with van der Waals surface area (Å²) >= 11 is 0. The van der Waals surface area contributed by atoms with Gasteiger partial charge >= 0.3 is 0 Å². The highest BCUT2D eigenvalue weighted by Gasteiger charge is 2.24. The van der Waals surface area contributed by atoms with Gasteiger partial charge in [-0.15, -0.1) is 0 Å². The standard InChI is InChI=1S/C29H33N3O3/c1-34-26-10-8-25(9-11-26)32-18-16-31(17-19-32)15-13-28-27-12-7-23(21-22(27)14-20-35-28)29(33)30-24-5-3-2-4-6-24/h2-12,21,28H,13-20H2,1H3,(H,30,33). The quantitative estimate of drug-likeness (QED) is 0.538. The number of carbonyl (C=O) groups excluding carboxylic acids is 1. The molecular formula is C29H33N3O3. The zero-order chi connectivity index (χ0) is 24.0. The van der Waals surface area contributed by atoms with Gasteiger partial charge in [-0.05, 0) is 72.5 Å². The second-order valence-electron chi connectivity index (χ2n) is 9.16. The van der Waals surface area contributed by atoms with Gasteiger partial charge in [-0.2, -0.15) is 0 Å². The number of methoxy groups -OCH3 is 1. The van der Waals surface area contributed by atoms with Crippen molar-refractivity contribution in [3.05, 3.63) is 89.5 Å². The summed E-state index contributed by atoms with van der Waals surface area (Å²) in [6.45, 7) is 5.85. The second kappa shape index (κ2) is 10.9. The lowest BCUT2D eigenvalue weighted by Gasteiger charge is -2.37. The van der Waals surface area contributed by atoms with Gasteiger partial charge in [0, 0.05) is 49.7 Å². The van der Waals surface area contributed by atoms with Crippen LogP contribution in [0.1, 0.15) is 34.0 Å². The van der Waals surface area contributed by atoms with Crippen LogP contribution < -0.4 is 15.0 Å². The summed E-state index contributed by atoms with van der Waals surface area (Å²) in [6.07, 6.45) is 1.90. The smallest absolute Gasteiger partial charge is 0.255 e. The van der Waals surface area contributed by atoms with Crippen LogP contribution in [0.15, 0.2) is 72.8 Å². The van der Waals surface area contributed by atoms with Gasteiger partial charge in [0.1, 0.15) is 5.75 Å². The molecule has 1 fully saturated rings. The van der Waals surface area contributed by atoms with E-state index >= 15 is 0 Å². The van der Waals surface area contributed by atoms with Gasteiger partial charge in [0.2, 0.25) is 0 Å². The number of amides is 1. The first-order valence-corrected chi connectivity index (χ1v) is 12.4. The van der Waals surface area contributed by atoms with E-state index in [2.05, 4.69) is 33.3 Å². The molecule has 6 heteroatoms. The molecule has 1 N–H and O–H groups in total. The Hall–Kier alpha value is -3.35. The van der Waals surface area contributed by atoms with Crippen LogP contribution in [0.25, 0.3) is 0 Å². The molecule has 3 aromatic carbocycles. The van der Waals surface area contributed by atoms with Crippen LogP contribution in [0.5, 0.6) is 5.75 Å². The van der Waals surface area contributed by atoms with E-state index in [1.54, 1.807) is 7.11 Å². The van der Waals surface area contributed by atoms with Crippen molar-refractivity contribution in [3.63, 3.8) is 0 Å². The van der Waals surface area contributed by atoms with Gasteiger partial charge in [0.15, 0.2) is 0 Å². The van der Waals surface area contributed by atoms with Gasteiger partial charge in [-0.25, -0.2) is 0 Å². The molecule has 1 saturated heterocycles. The predicted octanol–water partition coefficient (Wildman–Crippen LogP) is 4.77. The Balaban J connectivity index is 1.15. The molecule has 6 nitrogen and oxygen atoms in total. The van der Waals surface area contributed by atoms with Crippen LogP contribution in [0, 0.1) is 0 Å². The van der Waals surface area contributed by atoms with Gasteiger partial charge < -0.3 is 19.7 Å². The van der Waals surface area contributed by atoms with E-state index in [0.717, 1.165) is 57.0 Å². The minimum absolute atomic E-state index is 0.0724. The molecule has 0 spiro atoms. The van der Waals surface area contributed by atoms with Gasteiger partial charge in [0.05, 0.1) is 19.8 Å². The monoisotopic (exact) mass is 471 g/mol. The predicted molar refractivity (Wildman–Crippen MR) is 139 cm³/mol. The van der Waals surface area contributed by atoms with Crippen molar-refractivity contribution in [3.8, 4) is 5.75 Å². The SMILES string of the molecule is COc1ccc(N2CCN(CCC3OCCc4cc(C(=O)Nc5ccccc5)ccc43)CC2)cc1. The number of fused-ring (bicyclic) bond motifs is 1. The number of nitrogens with zero attached hydrogens (tertiary/aromatic N) is 2. The van der Waals surface area contributed by atoms with E-state index in [1.165, 1.54) is 16.8 Å². The first-order valence-electron chi connectivity index (χ1n) is 12.4. The van der Waals surface area contributed by atoms with Crippen molar-refractivity contribution in [1.29, 1.82) is 0 Å². The summed E-state index contributed by atoms with van der Waals surface area (Å²) in [5.74, 6) is 0.820. The van der Waals surface area contributed by atoms with Crippen molar-refractivity contribution in [1.82, 2.24) is 4.90 Å². The number of hydrogen-bond acceptors (Lipinski definition) is 5. The molecule has 35 heavy (non-hydrogen) atoms. The number of nitrogens with one attached hydrogen (secondary N) is 1. The van der Waals surface area contributed by atoms with Crippen molar-refractivity contribution in [2.24, 2.45) is 0 Å². The summed E-state index contributed by atoms with van der Waals surface area (Å²) < 4.78 is 11.4. The summed E-state index contributed by atoms with van der Waals surface area (Å²) in [6, 6.07) is 23.9. The molecule has 0 bridgehead atoms. The molecule has 182 valence electrons. The zero-order valence-electron chi connectivity index (χ0n) is 20.3. The zero-order valence-corrected chi connectivity index (χ0v) is 20.3. The number of para-hydroxylation sites is 1. The summed E-state index contributed by atoms with van der Waals surface area (Å²) in [5.41, 5.74) is 5.21.